The van der Waals surface area contributed by atoms with Crippen LogP contribution in [-0.2, 0) is 24.5 Å². The molecule has 29 heavy (non-hydrogen) atoms. The summed E-state index contributed by atoms with van der Waals surface area (Å²) in [7, 11) is -2.52. The number of carboxylic acids is 1. The molecule has 1 fully saturated rings. The average Bonchev–Trinajstić information content (AvgIpc) is 2.92. The van der Waals surface area contributed by atoms with E-state index in [0.717, 1.165) is 15.8 Å². The fourth-order valence-corrected chi connectivity index (χ4v) is 5.52. The van der Waals surface area contributed by atoms with Crippen LogP contribution < -0.4 is 0 Å². The Morgan fingerprint density at radius 2 is 2.07 bits per heavy atom. The van der Waals surface area contributed by atoms with Gasteiger partial charge in [0.15, 0.2) is 5.25 Å². The Hall–Kier alpha value is -2.10. The minimum Gasteiger partial charge on any atom is -0.481 e. The molecule has 15 heteroatoms. The standard InChI is InChI=1S/C14H17N3O9S3/c1-8(2-5-13(19)20)27-28-12-4-3-9(17(22)23)7-15(12)16-11(18)6-10(14(16)21)29(24,25)26/h3-4,8,10H,2,5-7H2,1H3,(H,19,20)(H,24,25,26). The van der Waals surface area contributed by atoms with E-state index in [9.17, 15) is 37.5 Å². The SMILES string of the molecule is CC(CCC(=O)O)SSC1=CC=C([N+](=O)[O-])CN1N1C(=O)CC(S(=O)(=O)O)C1=O. The van der Waals surface area contributed by atoms with E-state index >= 15 is 0 Å². The number of nitro groups is 1. The molecule has 12 nitrogen and oxygen atoms in total. The minimum absolute atomic E-state index is 0.0536. The molecule has 0 saturated carbocycles. The van der Waals surface area contributed by atoms with E-state index in [4.69, 9.17) is 5.11 Å². The highest BCUT2D eigenvalue weighted by Gasteiger charge is 2.49. The van der Waals surface area contributed by atoms with Gasteiger partial charge in [0, 0.05) is 17.7 Å². The molecule has 2 amide bonds. The monoisotopic (exact) mass is 467 g/mol. The molecule has 2 heterocycles. The third-order valence-corrected chi connectivity index (χ3v) is 8.01. The molecule has 2 rings (SSSR count). The van der Waals surface area contributed by atoms with Crippen LogP contribution in [0.3, 0.4) is 0 Å². The summed E-state index contributed by atoms with van der Waals surface area (Å²) in [5.74, 6) is -3.07. The lowest BCUT2D eigenvalue weighted by Crippen LogP contribution is -2.48. The number of amides is 2. The highest BCUT2D eigenvalue weighted by atomic mass is 33.1. The number of hydrogen-bond donors (Lipinski definition) is 2. The van der Waals surface area contributed by atoms with E-state index < -0.39 is 51.0 Å². The van der Waals surface area contributed by atoms with E-state index in [1.165, 1.54) is 22.9 Å². The summed E-state index contributed by atoms with van der Waals surface area (Å²) in [6.07, 6.45) is 2.04. The second-order valence-corrected chi connectivity index (χ2v) is 10.4. The van der Waals surface area contributed by atoms with Gasteiger partial charge < -0.3 is 5.11 Å². The van der Waals surface area contributed by atoms with Crippen molar-refractivity contribution in [3.8, 4) is 0 Å². The molecule has 0 aromatic carbocycles. The second kappa shape index (κ2) is 9.15. The molecule has 0 aliphatic carbocycles. The molecule has 1 saturated heterocycles. The number of aliphatic carboxylic acids is 1. The van der Waals surface area contributed by atoms with Gasteiger partial charge in [0.05, 0.1) is 11.3 Å². The highest BCUT2D eigenvalue weighted by Crippen LogP contribution is 2.40. The zero-order valence-corrected chi connectivity index (χ0v) is 17.4. The Morgan fingerprint density at radius 1 is 1.41 bits per heavy atom. The van der Waals surface area contributed by atoms with E-state index in [-0.39, 0.29) is 22.4 Å². The maximum Gasteiger partial charge on any atom is 0.303 e. The third-order valence-electron chi connectivity index (χ3n) is 3.96. The number of hydrogen-bond acceptors (Lipinski definition) is 10. The first-order chi connectivity index (χ1) is 13.4. The van der Waals surface area contributed by atoms with E-state index in [0.29, 0.717) is 11.4 Å². The Morgan fingerprint density at radius 3 is 2.59 bits per heavy atom. The van der Waals surface area contributed by atoms with Gasteiger partial charge in [-0.3, -0.25) is 34.1 Å². The number of allylic oxidation sites excluding steroid dienone is 2. The lowest BCUT2D eigenvalue weighted by Gasteiger charge is -2.33. The van der Waals surface area contributed by atoms with Gasteiger partial charge in [0.1, 0.15) is 11.6 Å². The fourth-order valence-electron chi connectivity index (χ4n) is 2.48. The Bertz CT molecular complexity index is 899. The van der Waals surface area contributed by atoms with Crippen LogP contribution in [0.2, 0.25) is 0 Å². The molecular formula is C14H17N3O9S3. The molecule has 2 unspecified atom stereocenters. The smallest absolute Gasteiger partial charge is 0.303 e. The van der Waals surface area contributed by atoms with Crippen molar-refractivity contribution in [1.82, 2.24) is 10.0 Å². The molecular weight excluding hydrogens is 450 g/mol. The van der Waals surface area contributed by atoms with Crippen LogP contribution in [0.15, 0.2) is 22.9 Å². The summed E-state index contributed by atoms with van der Waals surface area (Å²) in [5, 5.41) is 19.5. The van der Waals surface area contributed by atoms with Crippen molar-refractivity contribution in [2.45, 2.75) is 36.7 Å². The summed E-state index contributed by atoms with van der Waals surface area (Å²) >= 11 is 0. The fraction of sp³-hybridized carbons (Fsp3) is 0.500. The molecule has 0 bridgehead atoms. The Balaban J connectivity index is 2.23. The third kappa shape index (κ3) is 5.71. The molecule has 2 atom stereocenters. The van der Waals surface area contributed by atoms with Crippen molar-refractivity contribution in [3.63, 3.8) is 0 Å². The van der Waals surface area contributed by atoms with Crippen LogP contribution in [0.25, 0.3) is 0 Å². The van der Waals surface area contributed by atoms with Crippen molar-refractivity contribution in [2.24, 2.45) is 0 Å². The van der Waals surface area contributed by atoms with E-state index in [2.05, 4.69) is 0 Å². The van der Waals surface area contributed by atoms with Gasteiger partial charge in [-0.05, 0) is 23.3 Å². The Labute approximate surface area is 173 Å². The number of hydrazine groups is 1. The topological polar surface area (TPSA) is 175 Å². The van der Waals surface area contributed by atoms with Gasteiger partial charge in [-0.2, -0.15) is 13.4 Å². The van der Waals surface area contributed by atoms with Gasteiger partial charge >= 0.3 is 5.97 Å². The normalized spacial score (nSPS) is 21.1. The zero-order valence-electron chi connectivity index (χ0n) is 15.0. The first kappa shape index (κ1) is 23.2. The number of nitrogens with zero attached hydrogens (tertiary/aromatic N) is 3. The van der Waals surface area contributed by atoms with Crippen LogP contribution in [0, 0.1) is 10.1 Å². The van der Waals surface area contributed by atoms with Crippen LogP contribution in [-0.4, -0.2) is 67.8 Å². The number of carbonyl (C=O) groups excluding carboxylic acids is 2. The minimum atomic E-state index is -4.82. The van der Waals surface area contributed by atoms with Crippen molar-refractivity contribution >= 4 is 49.5 Å². The first-order valence-electron chi connectivity index (χ1n) is 8.12. The summed E-state index contributed by atoms with van der Waals surface area (Å²) in [5.41, 5.74) is -0.325. The van der Waals surface area contributed by atoms with Gasteiger partial charge in [0.2, 0.25) is 5.91 Å². The molecule has 0 aromatic rings. The molecule has 2 aliphatic rings. The van der Waals surface area contributed by atoms with Crippen molar-refractivity contribution in [1.29, 1.82) is 0 Å². The lowest BCUT2D eigenvalue weighted by atomic mass is 10.2. The van der Waals surface area contributed by atoms with Crippen molar-refractivity contribution < 1.29 is 37.4 Å². The van der Waals surface area contributed by atoms with Crippen molar-refractivity contribution in [3.05, 3.63) is 33.0 Å². The maximum absolute atomic E-state index is 12.4. The quantitative estimate of drug-likeness (QED) is 0.161. The van der Waals surface area contributed by atoms with Crippen LogP contribution >= 0.6 is 21.6 Å². The number of carboxylic acid groups (broad SMARTS) is 1. The molecule has 2 N–H and O–H groups in total. The first-order valence-corrected chi connectivity index (χ1v) is 11.8. The number of carbonyl (C=O) groups is 3. The van der Waals surface area contributed by atoms with Gasteiger partial charge in [-0.25, -0.2) is 0 Å². The summed E-state index contributed by atoms with van der Waals surface area (Å²) in [6.45, 7) is 1.30. The predicted molar refractivity (Wildman–Crippen MR) is 103 cm³/mol. The maximum atomic E-state index is 12.4. The summed E-state index contributed by atoms with van der Waals surface area (Å²) in [4.78, 5) is 45.8. The Kier molecular flexibility index (Phi) is 7.31. The van der Waals surface area contributed by atoms with Crippen molar-refractivity contribution in [2.75, 3.05) is 6.54 Å². The van der Waals surface area contributed by atoms with Gasteiger partial charge in [0.25, 0.3) is 21.7 Å². The predicted octanol–water partition coefficient (Wildman–Crippen LogP) is 0.869. The molecule has 160 valence electrons. The summed E-state index contributed by atoms with van der Waals surface area (Å²) in [6, 6.07) is 0. The summed E-state index contributed by atoms with van der Waals surface area (Å²) < 4.78 is 31.9. The molecule has 0 spiro atoms. The van der Waals surface area contributed by atoms with Gasteiger partial charge in [-0.15, -0.1) is 0 Å². The highest BCUT2D eigenvalue weighted by molar-refractivity contribution is 8.78. The second-order valence-electron chi connectivity index (χ2n) is 6.15. The van der Waals surface area contributed by atoms with E-state index in [1.807, 2.05) is 0 Å². The number of imide groups is 1. The van der Waals surface area contributed by atoms with E-state index in [1.54, 1.807) is 6.92 Å². The van der Waals surface area contributed by atoms with Crippen LogP contribution in [0.5, 0.6) is 0 Å². The van der Waals surface area contributed by atoms with Crippen LogP contribution in [0.4, 0.5) is 0 Å². The largest absolute Gasteiger partial charge is 0.481 e. The molecule has 0 radical (unpaired) electrons. The zero-order chi connectivity index (χ0) is 21.9. The number of rotatable bonds is 9. The van der Waals surface area contributed by atoms with Gasteiger partial charge in [-0.1, -0.05) is 17.7 Å². The average molecular weight is 468 g/mol. The molecule has 0 aromatic heterocycles. The molecule has 2 aliphatic heterocycles. The lowest BCUT2D eigenvalue weighted by molar-refractivity contribution is -0.429. The van der Waals surface area contributed by atoms with Crippen LogP contribution in [0.1, 0.15) is 26.2 Å².